The number of anilines is 1. The van der Waals surface area contributed by atoms with Crippen LogP contribution in [-0.2, 0) is 4.79 Å². The van der Waals surface area contributed by atoms with Crippen molar-refractivity contribution in [2.24, 2.45) is 0 Å². The number of halogens is 4. The number of hydrogen-bond donors (Lipinski definition) is 1. The molecule has 10 nitrogen and oxygen atoms in total. The molecule has 2 bridgehead atoms. The number of nitrogens with one attached hydrogen (secondary N) is 1. The van der Waals surface area contributed by atoms with Gasteiger partial charge in [-0.1, -0.05) is 28.4 Å². The van der Waals surface area contributed by atoms with E-state index in [0.717, 1.165) is 6.42 Å². The Bertz CT molecular complexity index is 2020. The lowest BCUT2D eigenvalue weighted by molar-refractivity contribution is -0.120. The molecule has 2 aromatic carbocycles. The van der Waals surface area contributed by atoms with Crippen molar-refractivity contribution < 1.29 is 13.6 Å². The highest BCUT2D eigenvalue weighted by atomic mass is 35.5. The predicted molar refractivity (Wildman–Crippen MR) is 164 cm³/mol. The van der Waals surface area contributed by atoms with E-state index < -0.39 is 23.2 Å². The zero-order valence-corrected chi connectivity index (χ0v) is 25.0. The van der Waals surface area contributed by atoms with Gasteiger partial charge in [0.05, 0.1) is 52.3 Å². The highest BCUT2D eigenvalue weighted by molar-refractivity contribution is 6.31. The number of pyridine rings is 1. The molecule has 2 unspecified atom stereocenters. The van der Waals surface area contributed by atoms with E-state index in [9.17, 15) is 14.0 Å². The summed E-state index contributed by atoms with van der Waals surface area (Å²) >= 11 is 12.1. The molecule has 45 heavy (non-hydrogen) atoms. The fourth-order valence-corrected chi connectivity index (χ4v) is 6.39. The monoisotopic (exact) mass is 648 g/mol. The van der Waals surface area contributed by atoms with E-state index in [1.165, 1.54) is 52.1 Å². The van der Waals surface area contributed by atoms with Gasteiger partial charge < -0.3 is 5.32 Å². The molecule has 2 aliphatic rings. The van der Waals surface area contributed by atoms with Crippen LogP contribution in [0.2, 0.25) is 10.2 Å². The van der Waals surface area contributed by atoms with Gasteiger partial charge in [0.15, 0.2) is 11.0 Å². The molecule has 0 spiro atoms. The Balaban J connectivity index is 1.35. The first-order chi connectivity index (χ1) is 21.8. The van der Waals surface area contributed by atoms with Crippen LogP contribution in [0.1, 0.15) is 31.0 Å². The molecule has 0 aliphatic carbocycles. The first-order valence-electron chi connectivity index (χ1n) is 14.2. The lowest BCUT2D eigenvalue weighted by Crippen LogP contribution is -2.41. The number of carbonyl (C=O) groups is 1. The van der Waals surface area contributed by atoms with Crippen LogP contribution in [-0.4, -0.2) is 59.5 Å². The number of hydrogen-bond acceptors (Lipinski definition) is 7. The smallest absolute Gasteiger partial charge is 0.254 e. The molecule has 1 amide bonds. The van der Waals surface area contributed by atoms with E-state index in [4.69, 9.17) is 23.2 Å². The van der Waals surface area contributed by atoms with Gasteiger partial charge in [-0.25, -0.2) is 18.4 Å². The normalized spacial score (nSPS) is 18.4. The molecule has 5 aromatic rings. The van der Waals surface area contributed by atoms with E-state index in [2.05, 4.69) is 30.5 Å². The SMILES string of the molecule is O=C1Nc2ccc(F)cc2-c2ccnc(c2)C(n2cnc(-c3c(-n4cc(Cl)nn4)ccc(Cl)c3F)cc2=O)CCN2CCCC12. The van der Waals surface area contributed by atoms with E-state index in [0.29, 0.717) is 48.4 Å². The average molecular weight is 649 g/mol. The van der Waals surface area contributed by atoms with Crippen LogP contribution < -0.4 is 10.9 Å². The Kier molecular flexibility index (Phi) is 7.64. The summed E-state index contributed by atoms with van der Waals surface area (Å²) in [5.74, 6) is -1.40. The van der Waals surface area contributed by atoms with Gasteiger partial charge in [-0.2, -0.15) is 0 Å². The van der Waals surface area contributed by atoms with Crippen LogP contribution in [0.3, 0.4) is 0 Å². The van der Waals surface area contributed by atoms with Gasteiger partial charge in [0.1, 0.15) is 5.82 Å². The summed E-state index contributed by atoms with van der Waals surface area (Å²) in [6, 6.07) is 10.9. The predicted octanol–water partition coefficient (Wildman–Crippen LogP) is 5.53. The number of carbonyl (C=O) groups excluding carboxylic acids is 1. The third kappa shape index (κ3) is 5.49. The molecule has 0 radical (unpaired) electrons. The molecule has 1 fully saturated rings. The van der Waals surface area contributed by atoms with Gasteiger partial charge in [0, 0.05) is 30.1 Å². The third-order valence-electron chi connectivity index (χ3n) is 8.24. The minimum absolute atomic E-state index is 0.0356. The van der Waals surface area contributed by atoms with Crippen molar-refractivity contribution in [1.82, 2.24) is 34.4 Å². The van der Waals surface area contributed by atoms with Crippen molar-refractivity contribution in [1.29, 1.82) is 0 Å². The lowest BCUT2D eigenvalue weighted by Gasteiger charge is -2.28. The summed E-state index contributed by atoms with van der Waals surface area (Å²) in [4.78, 5) is 38.3. The lowest BCUT2D eigenvalue weighted by atomic mass is 9.99. The fourth-order valence-electron chi connectivity index (χ4n) is 6.10. The molecule has 14 heteroatoms. The third-order valence-corrected chi connectivity index (χ3v) is 8.71. The van der Waals surface area contributed by atoms with Crippen molar-refractivity contribution in [2.45, 2.75) is 31.3 Å². The summed E-state index contributed by atoms with van der Waals surface area (Å²) in [5, 5.41) is 10.6. The van der Waals surface area contributed by atoms with Gasteiger partial charge in [-0.05, 0) is 73.8 Å². The quantitative estimate of drug-likeness (QED) is 0.274. The summed E-state index contributed by atoms with van der Waals surface area (Å²) in [6.07, 6.45) is 6.27. The average Bonchev–Trinajstić information content (AvgIpc) is 3.69. The van der Waals surface area contributed by atoms with Crippen LogP contribution >= 0.6 is 23.2 Å². The highest BCUT2D eigenvalue weighted by Crippen LogP contribution is 2.35. The number of nitrogens with zero attached hydrogens (tertiary/aromatic N) is 7. The second-order valence-electron chi connectivity index (χ2n) is 10.9. The molecule has 3 aromatic heterocycles. The van der Waals surface area contributed by atoms with E-state index >= 15 is 4.39 Å². The summed E-state index contributed by atoms with van der Waals surface area (Å²) in [7, 11) is 0. The zero-order chi connectivity index (χ0) is 31.2. The number of rotatable bonds is 3. The molecule has 1 N–H and O–H groups in total. The van der Waals surface area contributed by atoms with Crippen molar-refractivity contribution in [3.8, 4) is 28.1 Å². The number of fused-ring (bicyclic) bond motifs is 5. The Morgan fingerprint density at radius 2 is 1.80 bits per heavy atom. The molecule has 1 saturated heterocycles. The molecule has 5 heterocycles. The number of aromatic nitrogens is 6. The number of benzene rings is 2. The standard InChI is InChI=1S/C31H24Cl2F2N8O2/c32-20-4-6-25(43-15-27(33)39-40-43)29(30(20)35)23-14-28(44)42(16-37-23)24-8-11-41-10-1-2-26(41)31(45)38-21-5-3-18(34)13-19(21)17-7-9-36-22(24)12-17/h3-7,9,12-16,24,26H,1-2,8,10-11H2,(H,38,45). The largest absolute Gasteiger partial charge is 0.324 e. The van der Waals surface area contributed by atoms with E-state index in [1.54, 1.807) is 24.4 Å². The molecule has 7 rings (SSSR count). The minimum atomic E-state index is -0.782. The Hall–Kier alpha value is -4.52. The molecule has 2 atom stereocenters. The van der Waals surface area contributed by atoms with Crippen LogP contribution in [0, 0.1) is 11.6 Å². The second-order valence-corrected chi connectivity index (χ2v) is 11.7. The maximum atomic E-state index is 15.5. The van der Waals surface area contributed by atoms with Gasteiger partial charge in [0.2, 0.25) is 5.91 Å². The van der Waals surface area contributed by atoms with Crippen LogP contribution in [0.25, 0.3) is 28.1 Å². The highest BCUT2D eigenvalue weighted by Gasteiger charge is 2.33. The Morgan fingerprint density at radius 3 is 2.60 bits per heavy atom. The second kappa shape index (κ2) is 11.8. The van der Waals surface area contributed by atoms with Crippen LogP contribution in [0.5, 0.6) is 0 Å². The Morgan fingerprint density at radius 1 is 0.933 bits per heavy atom. The summed E-state index contributed by atoms with van der Waals surface area (Å²) in [6.45, 7) is 1.21. The molecule has 2 aliphatic heterocycles. The van der Waals surface area contributed by atoms with Crippen molar-refractivity contribution in [2.75, 3.05) is 18.4 Å². The topological polar surface area (TPSA) is 111 Å². The molecular weight excluding hydrogens is 625 g/mol. The fraction of sp³-hybridized carbons (Fsp3) is 0.226. The minimum Gasteiger partial charge on any atom is -0.324 e. The van der Waals surface area contributed by atoms with Gasteiger partial charge in [-0.3, -0.25) is 24.0 Å². The van der Waals surface area contributed by atoms with Gasteiger partial charge in [0.25, 0.3) is 5.56 Å². The molecule has 0 saturated carbocycles. The maximum absolute atomic E-state index is 15.5. The molecule has 228 valence electrons. The zero-order valence-electron chi connectivity index (χ0n) is 23.5. The Labute approximate surface area is 265 Å². The molecular formula is C31H24Cl2F2N8O2. The van der Waals surface area contributed by atoms with E-state index in [1.807, 2.05) is 0 Å². The first kappa shape index (κ1) is 29.2. The van der Waals surface area contributed by atoms with Crippen LogP contribution in [0.4, 0.5) is 14.5 Å². The summed E-state index contributed by atoms with van der Waals surface area (Å²) < 4.78 is 32.6. The van der Waals surface area contributed by atoms with Crippen molar-refractivity contribution in [3.63, 3.8) is 0 Å². The number of amides is 1. The first-order valence-corrected chi connectivity index (χ1v) is 15.0. The van der Waals surface area contributed by atoms with Gasteiger partial charge >= 0.3 is 0 Å². The maximum Gasteiger partial charge on any atom is 0.254 e. The van der Waals surface area contributed by atoms with Crippen LogP contribution in [0.15, 0.2) is 72.0 Å². The van der Waals surface area contributed by atoms with Crippen molar-refractivity contribution >= 4 is 34.8 Å². The summed E-state index contributed by atoms with van der Waals surface area (Å²) in [5.41, 5.74) is 1.92. The van der Waals surface area contributed by atoms with Gasteiger partial charge in [-0.15, -0.1) is 5.10 Å². The van der Waals surface area contributed by atoms with Crippen molar-refractivity contribution in [3.05, 3.63) is 105 Å². The van der Waals surface area contributed by atoms with E-state index in [-0.39, 0.29) is 39.1 Å².